The van der Waals surface area contributed by atoms with Crippen LogP contribution in [0.4, 0.5) is 4.79 Å². The Kier molecular flexibility index (Phi) is 8.07. The number of carbonyl (C=O) groups excluding carboxylic acids is 1. The summed E-state index contributed by atoms with van der Waals surface area (Å²) in [5.41, 5.74) is 1.05. The molecule has 1 rings (SSSR count). The molecule has 0 bridgehead atoms. The molecule has 0 spiro atoms. The highest BCUT2D eigenvalue weighted by Gasteiger charge is 2.03. The number of benzene rings is 1. The minimum Gasteiger partial charge on any atom is -0.338 e. The molecular formula is C15H24ClN3O. The molecule has 0 aliphatic rings. The quantitative estimate of drug-likeness (QED) is 0.774. The first-order chi connectivity index (χ1) is 9.67. The maximum atomic E-state index is 11.6. The fourth-order valence-corrected chi connectivity index (χ4v) is 2.17. The summed E-state index contributed by atoms with van der Waals surface area (Å²) in [4.78, 5) is 13.9. The van der Waals surface area contributed by atoms with Gasteiger partial charge in [-0.05, 0) is 31.1 Å². The van der Waals surface area contributed by atoms with E-state index in [0.717, 1.165) is 36.6 Å². The van der Waals surface area contributed by atoms with Gasteiger partial charge < -0.3 is 15.5 Å². The summed E-state index contributed by atoms with van der Waals surface area (Å²) in [5.74, 6) is 0. The zero-order chi connectivity index (χ0) is 14.8. The van der Waals surface area contributed by atoms with Crippen LogP contribution in [-0.2, 0) is 6.42 Å². The first-order valence-corrected chi connectivity index (χ1v) is 7.52. The Bertz CT molecular complexity index is 408. The summed E-state index contributed by atoms with van der Waals surface area (Å²) in [7, 11) is 0. The number of nitrogens with zero attached hydrogens (tertiary/aromatic N) is 1. The summed E-state index contributed by atoms with van der Waals surface area (Å²) >= 11 is 6.06. The summed E-state index contributed by atoms with van der Waals surface area (Å²) in [6.45, 7) is 8.38. The predicted octanol–water partition coefficient (Wildman–Crippen LogP) is 2.52. The number of amides is 2. The van der Waals surface area contributed by atoms with Gasteiger partial charge in [0, 0.05) is 24.7 Å². The van der Waals surface area contributed by atoms with Gasteiger partial charge in [0.25, 0.3) is 0 Å². The van der Waals surface area contributed by atoms with E-state index in [-0.39, 0.29) is 6.03 Å². The van der Waals surface area contributed by atoms with E-state index < -0.39 is 0 Å². The van der Waals surface area contributed by atoms with E-state index in [2.05, 4.69) is 29.4 Å². The molecule has 0 atom stereocenters. The monoisotopic (exact) mass is 297 g/mol. The van der Waals surface area contributed by atoms with E-state index in [0.29, 0.717) is 13.1 Å². The van der Waals surface area contributed by atoms with Crippen LogP contribution in [0.25, 0.3) is 0 Å². The molecule has 0 heterocycles. The molecule has 5 heteroatoms. The van der Waals surface area contributed by atoms with Crippen LogP contribution in [0.1, 0.15) is 19.4 Å². The maximum Gasteiger partial charge on any atom is 0.314 e. The van der Waals surface area contributed by atoms with Crippen molar-refractivity contribution in [3.05, 3.63) is 34.9 Å². The molecule has 0 aliphatic carbocycles. The van der Waals surface area contributed by atoms with Gasteiger partial charge in [0.15, 0.2) is 0 Å². The van der Waals surface area contributed by atoms with Crippen molar-refractivity contribution in [2.75, 3.05) is 32.7 Å². The highest BCUT2D eigenvalue weighted by molar-refractivity contribution is 6.31. The number of nitrogens with one attached hydrogen (secondary N) is 2. The lowest BCUT2D eigenvalue weighted by Gasteiger charge is -2.18. The van der Waals surface area contributed by atoms with Crippen molar-refractivity contribution in [3.8, 4) is 0 Å². The molecule has 0 fully saturated rings. The molecule has 0 saturated heterocycles. The van der Waals surface area contributed by atoms with Gasteiger partial charge in [0.2, 0.25) is 0 Å². The number of hydrogen-bond donors (Lipinski definition) is 2. The van der Waals surface area contributed by atoms with Crippen molar-refractivity contribution in [1.29, 1.82) is 0 Å². The SMILES string of the molecule is CCN(CC)CCNC(=O)NCCc1ccccc1Cl. The number of carbonyl (C=O) groups is 1. The van der Waals surface area contributed by atoms with Crippen LogP contribution in [0.5, 0.6) is 0 Å². The average Bonchev–Trinajstić information content (AvgIpc) is 2.46. The van der Waals surface area contributed by atoms with Crippen LogP contribution in [-0.4, -0.2) is 43.7 Å². The van der Waals surface area contributed by atoms with Crippen LogP contribution in [0, 0.1) is 0 Å². The number of rotatable bonds is 8. The third-order valence-corrected chi connectivity index (χ3v) is 3.61. The predicted molar refractivity (Wildman–Crippen MR) is 84.3 cm³/mol. The van der Waals surface area contributed by atoms with Crippen LogP contribution < -0.4 is 10.6 Å². The molecule has 1 aromatic rings. The molecular weight excluding hydrogens is 274 g/mol. The molecule has 0 radical (unpaired) electrons. The summed E-state index contributed by atoms with van der Waals surface area (Å²) < 4.78 is 0. The Labute approximate surface area is 126 Å². The largest absolute Gasteiger partial charge is 0.338 e. The summed E-state index contributed by atoms with van der Waals surface area (Å²) in [6.07, 6.45) is 0.739. The van der Waals surface area contributed by atoms with Crippen LogP contribution in [0.3, 0.4) is 0 Å². The van der Waals surface area contributed by atoms with Crippen molar-refractivity contribution in [2.24, 2.45) is 0 Å². The molecule has 112 valence electrons. The molecule has 20 heavy (non-hydrogen) atoms. The number of halogens is 1. The molecule has 0 aliphatic heterocycles. The highest BCUT2D eigenvalue weighted by Crippen LogP contribution is 2.14. The zero-order valence-electron chi connectivity index (χ0n) is 12.3. The summed E-state index contributed by atoms with van der Waals surface area (Å²) in [5, 5.41) is 6.45. The Morgan fingerprint density at radius 1 is 1.15 bits per heavy atom. The topological polar surface area (TPSA) is 44.4 Å². The van der Waals surface area contributed by atoms with Gasteiger partial charge >= 0.3 is 6.03 Å². The lowest BCUT2D eigenvalue weighted by Crippen LogP contribution is -2.41. The van der Waals surface area contributed by atoms with Gasteiger partial charge in [0.05, 0.1) is 0 Å². The molecule has 0 aromatic heterocycles. The fourth-order valence-electron chi connectivity index (χ4n) is 1.94. The van der Waals surface area contributed by atoms with E-state index in [1.807, 2.05) is 24.3 Å². The van der Waals surface area contributed by atoms with Gasteiger partial charge in [0.1, 0.15) is 0 Å². The Hall–Kier alpha value is -1.26. The molecule has 2 N–H and O–H groups in total. The van der Waals surface area contributed by atoms with Crippen molar-refractivity contribution in [2.45, 2.75) is 20.3 Å². The molecule has 0 saturated carbocycles. The van der Waals surface area contributed by atoms with E-state index in [1.54, 1.807) is 0 Å². The minimum atomic E-state index is -0.121. The second kappa shape index (κ2) is 9.61. The van der Waals surface area contributed by atoms with E-state index in [4.69, 9.17) is 11.6 Å². The normalized spacial score (nSPS) is 10.6. The maximum absolute atomic E-state index is 11.6. The lowest BCUT2D eigenvalue weighted by molar-refractivity contribution is 0.237. The number of likely N-dealkylation sites (N-methyl/N-ethyl adjacent to an activating group) is 1. The van der Waals surface area contributed by atoms with Crippen molar-refractivity contribution in [3.63, 3.8) is 0 Å². The average molecular weight is 298 g/mol. The third kappa shape index (κ3) is 6.26. The molecule has 0 unspecified atom stereocenters. The van der Waals surface area contributed by atoms with Crippen molar-refractivity contribution in [1.82, 2.24) is 15.5 Å². The van der Waals surface area contributed by atoms with Gasteiger partial charge in [-0.1, -0.05) is 43.6 Å². The van der Waals surface area contributed by atoms with Gasteiger partial charge in [-0.25, -0.2) is 4.79 Å². The number of urea groups is 1. The Balaban J connectivity index is 2.16. The molecule has 1 aromatic carbocycles. The Morgan fingerprint density at radius 3 is 2.45 bits per heavy atom. The molecule has 2 amide bonds. The highest BCUT2D eigenvalue weighted by atomic mass is 35.5. The third-order valence-electron chi connectivity index (χ3n) is 3.25. The van der Waals surface area contributed by atoms with Crippen molar-refractivity contribution >= 4 is 17.6 Å². The van der Waals surface area contributed by atoms with Gasteiger partial charge in [-0.2, -0.15) is 0 Å². The second-order valence-electron chi connectivity index (χ2n) is 4.55. The van der Waals surface area contributed by atoms with Crippen LogP contribution in [0.2, 0.25) is 5.02 Å². The van der Waals surface area contributed by atoms with Gasteiger partial charge in [-0.15, -0.1) is 0 Å². The second-order valence-corrected chi connectivity index (χ2v) is 4.96. The van der Waals surface area contributed by atoms with Crippen LogP contribution >= 0.6 is 11.6 Å². The zero-order valence-corrected chi connectivity index (χ0v) is 13.0. The fraction of sp³-hybridized carbons (Fsp3) is 0.533. The summed E-state index contributed by atoms with van der Waals surface area (Å²) in [6, 6.07) is 7.57. The van der Waals surface area contributed by atoms with Crippen LogP contribution in [0.15, 0.2) is 24.3 Å². The first kappa shape index (κ1) is 16.8. The van der Waals surface area contributed by atoms with E-state index >= 15 is 0 Å². The van der Waals surface area contributed by atoms with Crippen molar-refractivity contribution < 1.29 is 4.79 Å². The van der Waals surface area contributed by atoms with Gasteiger partial charge in [-0.3, -0.25) is 0 Å². The number of hydrogen-bond acceptors (Lipinski definition) is 2. The minimum absolute atomic E-state index is 0.121. The Morgan fingerprint density at radius 2 is 1.80 bits per heavy atom. The smallest absolute Gasteiger partial charge is 0.314 e. The van der Waals surface area contributed by atoms with E-state index in [1.165, 1.54) is 0 Å². The standard InChI is InChI=1S/C15H24ClN3O/c1-3-19(4-2)12-11-18-15(20)17-10-9-13-7-5-6-8-14(13)16/h5-8H,3-4,9-12H2,1-2H3,(H2,17,18,20). The van der Waals surface area contributed by atoms with E-state index in [9.17, 15) is 4.79 Å². The first-order valence-electron chi connectivity index (χ1n) is 7.14. The lowest BCUT2D eigenvalue weighted by atomic mass is 10.1. The molecule has 4 nitrogen and oxygen atoms in total.